The Balaban J connectivity index is 1.25. The molecule has 0 aliphatic carbocycles. The van der Waals surface area contributed by atoms with Gasteiger partial charge < -0.3 is 20.9 Å². The van der Waals surface area contributed by atoms with Crippen LogP contribution in [0.25, 0.3) is 0 Å². The van der Waals surface area contributed by atoms with Gasteiger partial charge in [-0.05, 0) is 75.3 Å². The lowest BCUT2D eigenvalue weighted by Crippen LogP contribution is -2.31. The number of rotatable bonds is 7. The molecule has 0 bridgehead atoms. The predicted octanol–water partition coefficient (Wildman–Crippen LogP) is 4.95. The van der Waals surface area contributed by atoms with Crippen molar-refractivity contribution in [3.05, 3.63) is 77.9 Å². The highest BCUT2D eigenvalue weighted by molar-refractivity contribution is 5.99. The van der Waals surface area contributed by atoms with E-state index >= 15 is 0 Å². The standard InChI is InChI=1S/C27H29FN6O/c28-23-8-5-10-25(18-23)33-27(35)32-24-9-4-7-21(17-24)11-12-22-19-30-26(31-20-22)29-13-6-16-34-14-2-1-3-15-34/h4-5,7-10,17-20H,1-3,6,13-16H2,(H,29,30,31)(H2,32,33,35). The summed E-state index contributed by atoms with van der Waals surface area (Å²) in [5.41, 5.74) is 2.38. The number of piperidine rings is 1. The Morgan fingerprint density at radius 1 is 0.914 bits per heavy atom. The second-order valence-corrected chi connectivity index (χ2v) is 8.40. The monoisotopic (exact) mass is 472 g/mol. The Morgan fingerprint density at radius 2 is 1.60 bits per heavy atom. The number of aromatic nitrogens is 2. The van der Waals surface area contributed by atoms with Gasteiger partial charge in [0.2, 0.25) is 5.95 Å². The first-order valence-corrected chi connectivity index (χ1v) is 11.9. The van der Waals surface area contributed by atoms with Crippen molar-refractivity contribution < 1.29 is 9.18 Å². The van der Waals surface area contributed by atoms with Gasteiger partial charge >= 0.3 is 6.03 Å². The molecule has 0 saturated carbocycles. The first-order chi connectivity index (χ1) is 17.1. The number of carbonyl (C=O) groups excluding carboxylic acids is 1. The van der Waals surface area contributed by atoms with Crippen molar-refractivity contribution in [2.45, 2.75) is 25.7 Å². The third-order valence-electron chi connectivity index (χ3n) is 5.59. The number of hydrogen-bond donors (Lipinski definition) is 3. The third-order valence-corrected chi connectivity index (χ3v) is 5.59. The smallest absolute Gasteiger partial charge is 0.323 e. The van der Waals surface area contributed by atoms with Crippen LogP contribution >= 0.6 is 0 Å². The van der Waals surface area contributed by atoms with E-state index < -0.39 is 11.8 Å². The molecule has 7 nitrogen and oxygen atoms in total. The Labute approximate surface area is 205 Å². The van der Waals surface area contributed by atoms with Crippen molar-refractivity contribution >= 4 is 23.4 Å². The van der Waals surface area contributed by atoms with Gasteiger partial charge in [0, 0.05) is 35.9 Å². The maximum atomic E-state index is 13.3. The molecule has 0 atom stereocenters. The van der Waals surface area contributed by atoms with E-state index in [9.17, 15) is 9.18 Å². The van der Waals surface area contributed by atoms with Gasteiger partial charge in [-0.25, -0.2) is 19.2 Å². The van der Waals surface area contributed by atoms with Gasteiger partial charge in [0.25, 0.3) is 0 Å². The molecule has 2 amide bonds. The molecule has 1 aliphatic heterocycles. The fraction of sp³-hybridized carbons (Fsp3) is 0.296. The molecule has 8 heteroatoms. The number of urea groups is 1. The van der Waals surface area contributed by atoms with Crippen molar-refractivity contribution in [1.29, 1.82) is 0 Å². The SMILES string of the molecule is O=C(Nc1cccc(F)c1)Nc1cccc(C#Cc2cnc(NCCCN3CCCCC3)nc2)c1. The Bertz CT molecular complexity index is 1180. The highest BCUT2D eigenvalue weighted by Gasteiger charge is 2.09. The first kappa shape index (κ1) is 24.2. The highest BCUT2D eigenvalue weighted by atomic mass is 19.1. The van der Waals surface area contributed by atoms with Crippen molar-refractivity contribution in [3.63, 3.8) is 0 Å². The molecule has 35 heavy (non-hydrogen) atoms. The average Bonchev–Trinajstić information content (AvgIpc) is 2.87. The summed E-state index contributed by atoms with van der Waals surface area (Å²) in [6.45, 7) is 4.38. The molecule has 0 unspecified atom stereocenters. The topological polar surface area (TPSA) is 82.2 Å². The lowest BCUT2D eigenvalue weighted by Gasteiger charge is -2.26. The zero-order valence-electron chi connectivity index (χ0n) is 19.6. The van der Waals surface area contributed by atoms with Crippen LogP contribution < -0.4 is 16.0 Å². The molecule has 180 valence electrons. The number of amides is 2. The van der Waals surface area contributed by atoms with Crippen LogP contribution in [0.15, 0.2) is 60.9 Å². The van der Waals surface area contributed by atoms with E-state index in [-0.39, 0.29) is 0 Å². The van der Waals surface area contributed by atoms with Crippen LogP contribution in [0.1, 0.15) is 36.8 Å². The largest absolute Gasteiger partial charge is 0.354 e. The lowest BCUT2D eigenvalue weighted by atomic mass is 10.1. The van der Waals surface area contributed by atoms with Gasteiger partial charge in [-0.2, -0.15) is 0 Å². The van der Waals surface area contributed by atoms with E-state index in [1.165, 1.54) is 50.6 Å². The highest BCUT2D eigenvalue weighted by Crippen LogP contribution is 2.13. The summed E-state index contributed by atoms with van der Waals surface area (Å²) < 4.78 is 13.3. The summed E-state index contributed by atoms with van der Waals surface area (Å²) in [5, 5.41) is 8.59. The maximum Gasteiger partial charge on any atom is 0.323 e. The van der Waals surface area contributed by atoms with Crippen molar-refractivity contribution in [3.8, 4) is 11.8 Å². The van der Waals surface area contributed by atoms with Gasteiger partial charge in [-0.1, -0.05) is 30.4 Å². The predicted molar refractivity (Wildman–Crippen MR) is 137 cm³/mol. The Hall–Kier alpha value is -3.96. The van der Waals surface area contributed by atoms with Crippen molar-refractivity contribution in [2.75, 3.05) is 42.1 Å². The second kappa shape index (κ2) is 12.5. The molecule has 2 heterocycles. The van der Waals surface area contributed by atoms with Gasteiger partial charge in [-0.3, -0.25) is 0 Å². The Kier molecular flexibility index (Phi) is 8.63. The van der Waals surface area contributed by atoms with Gasteiger partial charge in [0.1, 0.15) is 5.82 Å². The molecule has 4 rings (SSSR count). The molecule has 0 spiro atoms. The van der Waals surface area contributed by atoms with E-state index in [2.05, 4.69) is 42.7 Å². The number of benzene rings is 2. The summed E-state index contributed by atoms with van der Waals surface area (Å²) in [6, 6.07) is 12.4. The number of anilines is 3. The molecule has 1 saturated heterocycles. The van der Waals surface area contributed by atoms with Gasteiger partial charge in [-0.15, -0.1) is 0 Å². The minimum atomic E-state index is -0.465. The molecule has 2 aromatic carbocycles. The van der Waals surface area contributed by atoms with Crippen LogP contribution in [-0.2, 0) is 0 Å². The number of hydrogen-bond acceptors (Lipinski definition) is 5. The quantitative estimate of drug-likeness (QED) is 0.335. The van der Waals surface area contributed by atoms with Crippen LogP contribution in [-0.4, -0.2) is 47.1 Å². The fourth-order valence-electron chi connectivity index (χ4n) is 3.85. The van der Waals surface area contributed by atoms with E-state index in [4.69, 9.17) is 0 Å². The Morgan fingerprint density at radius 3 is 2.34 bits per heavy atom. The molecule has 3 aromatic rings. The summed E-state index contributed by atoms with van der Waals surface area (Å²) in [7, 11) is 0. The van der Waals surface area contributed by atoms with Crippen molar-refractivity contribution in [2.24, 2.45) is 0 Å². The number of nitrogens with one attached hydrogen (secondary N) is 3. The summed E-state index contributed by atoms with van der Waals surface area (Å²) >= 11 is 0. The molecule has 1 aliphatic rings. The zero-order chi connectivity index (χ0) is 24.3. The fourth-order valence-corrected chi connectivity index (χ4v) is 3.85. The number of carbonyl (C=O) groups is 1. The number of likely N-dealkylation sites (tertiary alicyclic amines) is 1. The maximum absolute atomic E-state index is 13.3. The normalized spacial score (nSPS) is 13.4. The molecule has 1 fully saturated rings. The van der Waals surface area contributed by atoms with Crippen LogP contribution in [0.4, 0.5) is 26.5 Å². The molecule has 1 aromatic heterocycles. The summed E-state index contributed by atoms with van der Waals surface area (Å²) in [4.78, 5) is 23.4. The van der Waals surface area contributed by atoms with Crippen LogP contribution in [0.5, 0.6) is 0 Å². The molecule has 0 radical (unpaired) electrons. The third kappa shape index (κ3) is 8.09. The van der Waals surface area contributed by atoms with Crippen LogP contribution in [0, 0.1) is 17.7 Å². The van der Waals surface area contributed by atoms with Crippen LogP contribution in [0.3, 0.4) is 0 Å². The molecule has 3 N–H and O–H groups in total. The van der Waals surface area contributed by atoms with Crippen molar-refractivity contribution in [1.82, 2.24) is 14.9 Å². The molecular weight excluding hydrogens is 443 g/mol. The van der Waals surface area contributed by atoms with Gasteiger partial charge in [0.15, 0.2) is 0 Å². The minimum absolute atomic E-state index is 0.374. The number of halogens is 1. The summed E-state index contributed by atoms with van der Waals surface area (Å²) in [6.07, 6.45) is 8.44. The first-order valence-electron chi connectivity index (χ1n) is 11.9. The van der Waals surface area contributed by atoms with E-state index in [0.717, 1.165) is 25.1 Å². The minimum Gasteiger partial charge on any atom is -0.354 e. The van der Waals surface area contributed by atoms with Crippen LogP contribution in [0.2, 0.25) is 0 Å². The van der Waals surface area contributed by atoms with Gasteiger partial charge in [0.05, 0.1) is 5.56 Å². The average molecular weight is 473 g/mol. The summed E-state index contributed by atoms with van der Waals surface area (Å²) in [5.74, 6) is 6.29. The zero-order valence-corrected chi connectivity index (χ0v) is 19.6. The molecular formula is C27H29FN6O. The van der Waals surface area contributed by atoms with E-state index in [0.29, 0.717) is 22.9 Å². The number of nitrogens with zero attached hydrogens (tertiary/aromatic N) is 3. The van der Waals surface area contributed by atoms with E-state index in [1.54, 1.807) is 36.7 Å². The second-order valence-electron chi connectivity index (χ2n) is 8.40. The van der Waals surface area contributed by atoms with E-state index in [1.807, 2.05) is 6.07 Å². The lowest BCUT2D eigenvalue weighted by molar-refractivity contribution is 0.228.